The number of para-hydroxylation sites is 2. The zero-order valence-electron chi connectivity index (χ0n) is 12.4. The molecule has 4 heterocycles. The summed E-state index contributed by atoms with van der Waals surface area (Å²) < 4.78 is 13.5. The third kappa shape index (κ3) is 2.11. The Bertz CT molecular complexity index is 1010. The van der Waals surface area contributed by atoms with Crippen LogP contribution in [0.4, 0.5) is 0 Å². The monoisotopic (exact) mass is 337 g/mol. The van der Waals surface area contributed by atoms with E-state index in [4.69, 9.17) is 9.47 Å². The van der Waals surface area contributed by atoms with E-state index in [0.29, 0.717) is 12.4 Å². The van der Waals surface area contributed by atoms with E-state index >= 15 is 0 Å². The average Bonchev–Trinajstić information content (AvgIpc) is 3.23. The maximum Gasteiger partial charge on any atom is 0.235 e. The van der Waals surface area contributed by atoms with Crippen molar-refractivity contribution in [1.29, 1.82) is 0 Å². The molecule has 1 aliphatic heterocycles. The maximum atomic E-state index is 6.01. The van der Waals surface area contributed by atoms with Crippen LogP contribution in [0.2, 0.25) is 0 Å². The van der Waals surface area contributed by atoms with Crippen LogP contribution in [0.1, 0.15) is 11.1 Å². The van der Waals surface area contributed by atoms with E-state index in [1.807, 2.05) is 36.4 Å². The van der Waals surface area contributed by atoms with E-state index in [0.717, 1.165) is 27.0 Å². The Morgan fingerprint density at radius 3 is 2.75 bits per heavy atom. The van der Waals surface area contributed by atoms with Gasteiger partial charge in [-0.3, -0.25) is 4.98 Å². The molecular formula is C16H11N5O2S. The van der Waals surface area contributed by atoms with Crippen molar-refractivity contribution in [1.82, 2.24) is 24.8 Å². The SMILES string of the molecule is c1ccc2c(c1)OCC(c1nn3c(-c4ccncc4)nnc3s1)O2. The van der Waals surface area contributed by atoms with Crippen molar-refractivity contribution in [2.75, 3.05) is 6.61 Å². The Morgan fingerprint density at radius 2 is 1.88 bits per heavy atom. The summed E-state index contributed by atoms with van der Waals surface area (Å²) in [4.78, 5) is 4.75. The van der Waals surface area contributed by atoms with E-state index < -0.39 is 0 Å². The molecule has 5 rings (SSSR count). The number of fused-ring (bicyclic) bond motifs is 2. The first kappa shape index (κ1) is 13.4. The van der Waals surface area contributed by atoms with Gasteiger partial charge in [-0.1, -0.05) is 23.5 Å². The lowest BCUT2D eigenvalue weighted by molar-refractivity contribution is 0.0904. The standard InChI is InChI=1S/C16H11N5O2S/c1-2-4-12-11(3-1)22-9-13(23-12)15-20-21-14(18-19-16(21)24-15)10-5-7-17-8-6-10/h1-8,13H,9H2. The molecule has 0 N–H and O–H groups in total. The molecule has 3 aromatic heterocycles. The smallest absolute Gasteiger partial charge is 0.235 e. The lowest BCUT2D eigenvalue weighted by Crippen LogP contribution is -2.21. The summed E-state index contributed by atoms with van der Waals surface area (Å²) in [5.74, 6) is 2.18. The molecular weight excluding hydrogens is 326 g/mol. The van der Waals surface area contributed by atoms with Crippen LogP contribution in [0, 0.1) is 0 Å². The van der Waals surface area contributed by atoms with E-state index in [-0.39, 0.29) is 6.10 Å². The minimum absolute atomic E-state index is 0.253. The minimum atomic E-state index is -0.253. The van der Waals surface area contributed by atoms with E-state index in [2.05, 4.69) is 20.3 Å². The van der Waals surface area contributed by atoms with Gasteiger partial charge < -0.3 is 9.47 Å². The van der Waals surface area contributed by atoms with Crippen LogP contribution in [0.5, 0.6) is 11.5 Å². The van der Waals surface area contributed by atoms with Gasteiger partial charge in [0.15, 0.2) is 28.4 Å². The van der Waals surface area contributed by atoms with Crippen molar-refractivity contribution < 1.29 is 9.47 Å². The van der Waals surface area contributed by atoms with Crippen LogP contribution in [0.25, 0.3) is 16.3 Å². The van der Waals surface area contributed by atoms with Gasteiger partial charge in [0.05, 0.1) is 0 Å². The first-order valence-electron chi connectivity index (χ1n) is 7.39. The molecule has 118 valence electrons. The Morgan fingerprint density at radius 1 is 1.04 bits per heavy atom. The zero-order valence-corrected chi connectivity index (χ0v) is 13.2. The second kappa shape index (κ2) is 5.27. The van der Waals surface area contributed by atoms with Gasteiger partial charge in [-0.05, 0) is 24.3 Å². The molecule has 1 atom stereocenters. The summed E-state index contributed by atoms with van der Waals surface area (Å²) in [6.07, 6.45) is 3.19. The number of aromatic nitrogens is 5. The molecule has 0 amide bonds. The van der Waals surface area contributed by atoms with Gasteiger partial charge >= 0.3 is 0 Å². The highest BCUT2D eigenvalue weighted by Crippen LogP contribution is 2.37. The first-order chi connectivity index (χ1) is 11.9. The van der Waals surface area contributed by atoms with Crippen molar-refractivity contribution >= 4 is 16.3 Å². The van der Waals surface area contributed by atoms with Gasteiger partial charge in [0.2, 0.25) is 4.96 Å². The molecule has 0 fully saturated rings. The van der Waals surface area contributed by atoms with Crippen molar-refractivity contribution in [2.45, 2.75) is 6.10 Å². The minimum Gasteiger partial charge on any atom is -0.485 e. The fourth-order valence-electron chi connectivity index (χ4n) is 2.58. The second-order valence-electron chi connectivity index (χ2n) is 5.26. The van der Waals surface area contributed by atoms with Crippen molar-refractivity contribution in [3.05, 3.63) is 53.8 Å². The normalized spacial score (nSPS) is 16.4. The Balaban J connectivity index is 1.52. The van der Waals surface area contributed by atoms with Gasteiger partial charge in [0, 0.05) is 18.0 Å². The molecule has 0 radical (unpaired) electrons. The van der Waals surface area contributed by atoms with E-state index in [1.54, 1.807) is 16.9 Å². The number of pyridine rings is 1. The fraction of sp³-hybridized carbons (Fsp3) is 0.125. The van der Waals surface area contributed by atoms with Crippen LogP contribution in [0.15, 0.2) is 48.8 Å². The number of hydrogen-bond acceptors (Lipinski definition) is 7. The first-order valence-corrected chi connectivity index (χ1v) is 8.21. The van der Waals surface area contributed by atoms with Gasteiger partial charge in [-0.25, -0.2) is 0 Å². The number of nitrogens with zero attached hydrogens (tertiary/aromatic N) is 5. The van der Waals surface area contributed by atoms with Crippen LogP contribution < -0.4 is 9.47 Å². The summed E-state index contributed by atoms with van der Waals surface area (Å²) in [7, 11) is 0. The molecule has 1 unspecified atom stereocenters. The van der Waals surface area contributed by atoms with Crippen molar-refractivity contribution in [3.63, 3.8) is 0 Å². The molecule has 0 bridgehead atoms. The molecule has 24 heavy (non-hydrogen) atoms. The van der Waals surface area contributed by atoms with E-state index in [1.165, 1.54) is 11.3 Å². The summed E-state index contributed by atoms with van der Waals surface area (Å²) in [6.45, 7) is 0.422. The Labute approximate surface area is 140 Å². The molecule has 4 aromatic rings. The Kier molecular flexibility index (Phi) is 2.95. The van der Waals surface area contributed by atoms with Crippen molar-refractivity contribution in [3.8, 4) is 22.9 Å². The molecule has 8 heteroatoms. The maximum absolute atomic E-state index is 6.01. The quantitative estimate of drug-likeness (QED) is 0.560. The molecule has 0 spiro atoms. The number of rotatable bonds is 2. The zero-order chi connectivity index (χ0) is 15.9. The molecule has 1 aliphatic rings. The molecule has 0 saturated carbocycles. The average molecular weight is 337 g/mol. The fourth-order valence-corrected chi connectivity index (χ4v) is 3.44. The predicted octanol–water partition coefficient (Wildman–Crippen LogP) is 2.76. The lowest BCUT2D eigenvalue weighted by Gasteiger charge is -2.24. The molecule has 0 aliphatic carbocycles. The van der Waals surface area contributed by atoms with Gasteiger partial charge in [0.1, 0.15) is 6.61 Å². The summed E-state index contributed by atoms with van der Waals surface area (Å²) in [5, 5.41) is 13.9. The second-order valence-corrected chi connectivity index (χ2v) is 6.25. The number of hydrogen-bond donors (Lipinski definition) is 0. The highest BCUT2D eigenvalue weighted by Gasteiger charge is 2.26. The Hall–Kier alpha value is -3.00. The van der Waals surface area contributed by atoms with Crippen LogP contribution in [-0.2, 0) is 0 Å². The molecule has 7 nitrogen and oxygen atoms in total. The van der Waals surface area contributed by atoms with Gasteiger partial charge in [0.25, 0.3) is 0 Å². The number of ether oxygens (including phenoxy) is 2. The van der Waals surface area contributed by atoms with Gasteiger partial charge in [-0.2, -0.15) is 9.61 Å². The topological polar surface area (TPSA) is 74.4 Å². The van der Waals surface area contributed by atoms with Crippen LogP contribution >= 0.6 is 11.3 Å². The van der Waals surface area contributed by atoms with Gasteiger partial charge in [-0.15, -0.1) is 10.2 Å². The van der Waals surface area contributed by atoms with E-state index in [9.17, 15) is 0 Å². The highest BCUT2D eigenvalue weighted by atomic mass is 32.1. The summed E-state index contributed by atoms with van der Waals surface area (Å²) in [6, 6.07) is 11.4. The number of benzene rings is 1. The summed E-state index contributed by atoms with van der Waals surface area (Å²) >= 11 is 1.45. The highest BCUT2D eigenvalue weighted by molar-refractivity contribution is 7.16. The summed E-state index contributed by atoms with van der Waals surface area (Å²) in [5.41, 5.74) is 0.917. The third-order valence-electron chi connectivity index (χ3n) is 3.73. The molecule has 1 aromatic carbocycles. The van der Waals surface area contributed by atoms with Crippen molar-refractivity contribution in [2.24, 2.45) is 0 Å². The lowest BCUT2D eigenvalue weighted by atomic mass is 10.2. The van der Waals surface area contributed by atoms with Crippen LogP contribution in [0.3, 0.4) is 0 Å². The largest absolute Gasteiger partial charge is 0.485 e. The van der Waals surface area contributed by atoms with Crippen LogP contribution in [-0.4, -0.2) is 31.4 Å². The predicted molar refractivity (Wildman–Crippen MR) is 87.2 cm³/mol. The third-order valence-corrected chi connectivity index (χ3v) is 4.72. The molecule has 0 saturated heterocycles.